The number of quaternary nitrogens is 1. The molecular weight excluding hydrogens is 422 g/mol. The zero-order chi connectivity index (χ0) is 23.7. The van der Waals surface area contributed by atoms with Gasteiger partial charge in [-0.2, -0.15) is 0 Å². The van der Waals surface area contributed by atoms with Crippen molar-refractivity contribution in [3.63, 3.8) is 0 Å². The van der Waals surface area contributed by atoms with E-state index in [0.29, 0.717) is 18.5 Å². The smallest absolute Gasteiger partial charge is 0.229 e. The van der Waals surface area contributed by atoms with Crippen molar-refractivity contribution in [1.29, 1.82) is 0 Å². The monoisotopic (exact) mass is 458 g/mol. The predicted molar refractivity (Wildman–Crippen MR) is 133 cm³/mol. The molecule has 6 nitrogen and oxygen atoms in total. The molecule has 2 bridgehead atoms. The van der Waals surface area contributed by atoms with Crippen LogP contribution < -0.4 is 10.2 Å². The number of carbonyl (C=O) groups excluding carboxylic acids is 1. The summed E-state index contributed by atoms with van der Waals surface area (Å²) >= 11 is 0. The number of rotatable bonds is 6. The summed E-state index contributed by atoms with van der Waals surface area (Å²) in [6, 6.07) is 19.3. The lowest BCUT2D eigenvalue weighted by molar-refractivity contribution is -0.945. The fraction of sp³-hybridized carbons (Fsp3) is 0.464. The van der Waals surface area contributed by atoms with E-state index in [1.165, 1.54) is 10.5 Å². The molecule has 3 fully saturated rings. The molecule has 6 heteroatoms. The van der Waals surface area contributed by atoms with Crippen LogP contribution in [0.15, 0.2) is 60.8 Å². The van der Waals surface area contributed by atoms with E-state index in [1.54, 1.807) is 0 Å². The third-order valence-electron chi connectivity index (χ3n) is 7.69. The molecule has 3 aliphatic heterocycles. The standard InChI is InChI=1S/C28H35N5O/c1-28(2,3)23-11-9-21(10-12-23)26-19-33(31-30-26)17-24-15-22-13-14-32(24)18-25(22)27(34)29-16-20-7-5-4-6-8-20/h4-12,19,22,24-25H,13-18H2,1-3H3,(H,29,34)/p+1/t22-,24+,25-/m0/s1. The van der Waals surface area contributed by atoms with Crippen molar-refractivity contribution in [1.82, 2.24) is 20.3 Å². The van der Waals surface area contributed by atoms with Crippen LogP contribution >= 0.6 is 0 Å². The molecule has 3 saturated heterocycles. The fourth-order valence-electron chi connectivity index (χ4n) is 5.62. The van der Waals surface area contributed by atoms with Gasteiger partial charge in [0.15, 0.2) is 0 Å². The minimum Gasteiger partial charge on any atom is -0.352 e. The van der Waals surface area contributed by atoms with Gasteiger partial charge in [0.25, 0.3) is 0 Å². The van der Waals surface area contributed by atoms with E-state index in [1.807, 2.05) is 22.9 Å². The first kappa shape index (κ1) is 22.8. The third kappa shape index (κ3) is 4.92. The van der Waals surface area contributed by atoms with Crippen LogP contribution in [0, 0.1) is 11.8 Å². The van der Waals surface area contributed by atoms with Gasteiger partial charge in [-0.15, -0.1) is 5.10 Å². The number of nitrogens with zero attached hydrogens (tertiary/aromatic N) is 3. The van der Waals surface area contributed by atoms with E-state index >= 15 is 0 Å². The lowest BCUT2D eigenvalue weighted by atomic mass is 9.75. The van der Waals surface area contributed by atoms with E-state index in [4.69, 9.17) is 0 Å². The first-order chi connectivity index (χ1) is 16.4. The maximum Gasteiger partial charge on any atom is 0.229 e. The molecule has 1 unspecified atom stereocenters. The van der Waals surface area contributed by atoms with E-state index in [2.05, 4.69) is 79.0 Å². The molecule has 4 atom stereocenters. The third-order valence-corrected chi connectivity index (χ3v) is 7.69. The average Bonchev–Trinajstić information content (AvgIpc) is 3.31. The van der Waals surface area contributed by atoms with Crippen molar-refractivity contribution >= 4 is 5.91 Å². The quantitative estimate of drug-likeness (QED) is 0.597. The number of carbonyl (C=O) groups is 1. The minimum absolute atomic E-state index is 0.122. The Labute approximate surface area is 202 Å². The molecule has 6 rings (SSSR count). The van der Waals surface area contributed by atoms with E-state index < -0.39 is 0 Å². The fourth-order valence-corrected chi connectivity index (χ4v) is 5.62. The number of aromatic nitrogens is 3. The summed E-state index contributed by atoms with van der Waals surface area (Å²) in [5.74, 6) is 0.800. The number of amides is 1. The number of nitrogens with one attached hydrogen (secondary N) is 2. The van der Waals surface area contributed by atoms with Crippen LogP contribution in [0.25, 0.3) is 11.3 Å². The van der Waals surface area contributed by atoms with Crippen LogP contribution in [0.1, 0.15) is 44.7 Å². The van der Waals surface area contributed by atoms with Crippen molar-refractivity contribution in [2.24, 2.45) is 11.8 Å². The van der Waals surface area contributed by atoms with Crippen LogP contribution in [0.5, 0.6) is 0 Å². The summed E-state index contributed by atoms with van der Waals surface area (Å²) < 4.78 is 2.00. The summed E-state index contributed by atoms with van der Waals surface area (Å²) in [5, 5.41) is 12.0. The van der Waals surface area contributed by atoms with Gasteiger partial charge in [0.2, 0.25) is 5.91 Å². The molecule has 2 aromatic carbocycles. The number of hydrogen-bond donors (Lipinski definition) is 2. The van der Waals surface area contributed by atoms with Gasteiger partial charge in [-0.1, -0.05) is 80.6 Å². The highest BCUT2D eigenvalue weighted by Crippen LogP contribution is 2.28. The first-order valence-corrected chi connectivity index (χ1v) is 12.5. The summed E-state index contributed by atoms with van der Waals surface area (Å²) in [7, 11) is 0. The minimum atomic E-state index is 0.122. The second-order valence-corrected chi connectivity index (χ2v) is 11.1. The zero-order valence-electron chi connectivity index (χ0n) is 20.5. The number of benzene rings is 2. The van der Waals surface area contributed by atoms with E-state index in [9.17, 15) is 4.79 Å². The van der Waals surface area contributed by atoms with Gasteiger partial charge in [-0.25, -0.2) is 4.68 Å². The Morgan fingerprint density at radius 3 is 2.56 bits per heavy atom. The van der Waals surface area contributed by atoms with Crippen LogP contribution in [0.3, 0.4) is 0 Å². The molecule has 3 aliphatic rings. The number of fused-ring (bicyclic) bond motifs is 3. The van der Waals surface area contributed by atoms with Gasteiger partial charge in [-0.3, -0.25) is 4.79 Å². The molecule has 1 amide bonds. The van der Waals surface area contributed by atoms with Gasteiger partial charge in [-0.05, 0) is 22.5 Å². The van der Waals surface area contributed by atoms with Crippen LogP contribution in [0.4, 0.5) is 0 Å². The second kappa shape index (κ2) is 9.34. The van der Waals surface area contributed by atoms with Crippen molar-refractivity contribution in [2.75, 3.05) is 13.1 Å². The molecule has 4 heterocycles. The average molecular weight is 459 g/mol. The van der Waals surface area contributed by atoms with Gasteiger partial charge in [0.05, 0.1) is 31.7 Å². The Kier molecular flexibility index (Phi) is 6.26. The number of piperidine rings is 3. The predicted octanol–water partition coefficient (Wildman–Crippen LogP) is 2.85. The first-order valence-electron chi connectivity index (χ1n) is 12.5. The normalized spacial score (nSPS) is 24.2. The molecule has 3 aromatic rings. The topological polar surface area (TPSA) is 64.2 Å². The molecule has 34 heavy (non-hydrogen) atoms. The van der Waals surface area contributed by atoms with Crippen LogP contribution in [0.2, 0.25) is 0 Å². The highest BCUT2D eigenvalue weighted by Gasteiger charge is 2.46. The van der Waals surface area contributed by atoms with Gasteiger partial charge < -0.3 is 10.2 Å². The Morgan fingerprint density at radius 2 is 1.88 bits per heavy atom. The molecule has 1 aromatic heterocycles. The zero-order valence-corrected chi connectivity index (χ0v) is 20.5. The largest absolute Gasteiger partial charge is 0.352 e. The summed E-state index contributed by atoms with van der Waals surface area (Å²) in [6.07, 6.45) is 4.28. The second-order valence-electron chi connectivity index (χ2n) is 11.1. The Morgan fingerprint density at radius 1 is 1.12 bits per heavy atom. The molecule has 2 N–H and O–H groups in total. The van der Waals surface area contributed by atoms with Crippen molar-refractivity contribution in [3.8, 4) is 11.3 Å². The van der Waals surface area contributed by atoms with Crippen LogP contribution in [-0.2, 0) is 23.3 Å². The van der Waals surface area contributed by atoms with Crippen molar-refractivity contribution < 1.29 is 9.69 Å². The van der Waals surface area contributed by atoms with E-state index in [0.717, 1.165) is 49.3 Å². The van der Waals surface area contributed by atoms with Gasteiger partial charge >= 0.3 is 0 Å². The lowest BCUT2D eigenvalue weighted by Gasteiger charge is -2.46. The van der Waals surface area contributed by atoms with Gasteiger partial charge in [0.1, 0.15) is 11.7 Å². The Balaban J connectivity index is 1.18. The SMILES string of the molecule is CC(C)(C)c1ccc(-c2cn(C[C@H]3C[C@@H]4CC[NH+]3C[C@@H]4C(=O)NCc3ccccc3)nn2)cc1. The van der Waals surface area contributed by atoms with Crippen molar-refractivity contribution in [3.05, 3.63) is 71.9 Å². The maximum atomic E-state index is 12.9. The number of hydrogen-bond acceptors (Lipinski definition) is 3. The highest BCUT2D eigenvalue weighted by atomic mass is 16.1. The summed E-state index contributed by atoms with van der Waals surface area (Å²) in [4.78, 5) is 14.5. The van der Waals surface area contributed by atoms with Crippen molar-refractivity contribution in [2.45, 2.75) is 58.2 Å². The molecule has 0 radical (unpaired) electrons. The Hall–Kier alpha value is -2.99. The highest BCUT2D eigenvalue weighted by molar-refractivity contribution is 5.79. The molecule has 0 saturated carbocycles. The summed E-state index contributed by atoms with van der Waals surface area (Å²) in [5.41, 5.74) is 4.64. The molecule has 0 aliphatic carbocycles. The molecule has 178 valence electrons. The van der Waals surface area contributed by atoms with Crippen LogP contribution in [-0.4, -0.2) is 40.0 Å². The van der Waals surface area contributed by atoms with Gasteiger partial charge in [0, 0.05) is 24.9 Å². The Bertz CT molecular complexity index is 1120. The van der Waals surface area contributed by atoms with E-state index in [-0.39, 0.29) is 17.2 Å². The lowest BCUT2D eigenvalue weighted by Crippen LogP contribution is -3.20. The molecule has 0 spiro atoms. The maximum absolute atomic E-state index is 12.9. The molecular formula is C28H36N5O+. The summed E-state index contributed by atoms with van der Waals surface area (Å²) in [6.45, 7) is 10.2.